The van der Waals surface area contributed by atoms with Crippen molar-refractivity contribution < 1.29 is 9.47 Å². The Morgan fingerprint density at radius 3 is 2.69 bits per heavy atom. The van der Waals surface area contributed by atoms with Crippen molar-refractivity contribution in [3.8, 4) is 21.9 Å². The van der Waals surface area contributed by atoms with E-state index in [1.807, 2.05) is 43.3 Å². The Bertz CT molecular complexity index is 1200. The number of hydrogen-bond donors (Lipinski definition) is 1. The average Bonchev–Trinajstić information content (AvgIpc) is 3.18. The minimum absolute atomic E-state index is 0.561. The minimum Gasteiger partial charge on any atom is -0.486 e. The van der Waals surface area contributed by atoms with Crippen LogP contribution in [0.15, 0.2) is 59.7 Å². The van der Waals surface area contributed by atoms with Gasteiger partial charge in [-0.25, -0.2) is 9.97 Å². The van der Waals surface area contributed by atoms with Crippen molar-refractivity contribution in [2.24, 2.45) is 5.10 Å². The van der Waals surface area contributed by atoms with Gasteiger partial charge in [0, 0.05) is 4.88 Å². The molecule has 1 aliphatic heterocycles. The second-order valence-electron chi connectivity index (χ2n) is 6.59. The molecule has 0 spiro atoms. The fraction of sp³-hybridized carbons (Fsp3) is 0.136. The molecule has 2 aromatic heterocycles. The summed E-state index contributed by atoms with van der Waals surface area (Å²) < 4.78 is 11.2. The van der Waals surface area contributed by atoms with Gasteiger partial charge in [0.1, 0.15) is 23.9 Å². The molecular formula is C22H18N4O2S. The van der Waals surface area contributed by atoms with E-state index in [2.05, 4.69) is 38.7 Å². The van der Waals surface area contributed by atoms with Gasteiger partial charge in [-0.1, -0.05) is 30.3 Å². The van der Waals surface area contributed by atoms with E-state index in [0.29, 0.717) is 24.9 Å². The van der Waals surface area contributed by atoms with Gasteiger partial charge >= 0.3 is 0 Å². The van der Waals surface area contributed by atoms with Crippen molar-refractivity contribution in [3.63, 3.8) is 0 Å². The van der Waals surface area contributed by atoms with Gasteiger partial charge in [0.2, 0.25) is 0 Å². The topological polar surface area (TPSA) is 68.6 Å². The first kappa shape index (κ1) is 17.6. The number of aromatic nitrogens is 2. The summed E-state index contributed by atoms with van der Waals surface area (Å²) >= 11 is 1.65. The number of hydrazone groups is 1. The van der Waals surface area contributed by atoms with Crippen LogP contribution in [-0.2, 0) is 0 Å². The van der Waals surface area contributed by atoms with Crippen LogP contribution in [0.2, 0.25) is 0 Å². The predicted octanol–water partition coefficient (Wildman–Crippen LogP) is 4.88. The maximum absolute atomic E-state index is 5.62. The molecule has 0 bridgehead atoms. The van der Waals surface area contributed by atoms with Crippen molar-refractivity contribution in [2.75, 3.05) is 18.6 Å². The molecule has 0 atom stereocenters. The van der Waals surface area contributed by atoms with Gasteiger partial charge in [-0.2, -0.15) is 5.10 Å². The maximum Gasteiger partial charge on any atom is 0.162 e. The Morgan fingerprint density at radius 1 is 1.00 bits per heavy atom. The zero-order valence-electron chi connectivity index (χ0n) is 15.8. The lowest BCUT2D eigenvalue weighted by molar-refractivity contribution is 0.171. The van der Waals surface area contributed by atoms with Crippen LogP contribution in [0, 0.1) is 6.92 Å². The molecule has 7 heteroatoms. The van der Waals surface area contributed by atoms with Crippen LogP contribution >= 0.6 is 11.3 Å². The van der Waals surface area contributed by atoms with Crippen LogP contribution in [0.25, 0.3) is 20.7 Å². The third kappa shape index (κ3) is 3.64. The van der Waals surface area contributed by atoms with Crippen LogP contribution in [0.5, 0.6) is 11.5 Å². The quantitative estimate of drug-likeness (QED) is 0.389. The summed E-state index contributed by atoms with van der Waals surface area (Å²) in [5.41, 5.74) is 5.16. The molecule has 6 nitrogen and oxygen atoms in total. The number of aryl methyl sites for hydroxylation is 1. The summed E-state index contributed by atoms with van der Waals surface area (Å²) in [6, 6.07) is 18.1. The number of nitrogens with zero attached hydrogens (tertiary/aromatic N) is 3. The zero-order valence-corrected chi connectivity index (χ0v) is 16.6. The maximum atomic E-state index is 5.62. The Morgan fingerprint density at radius 2 is 1.83 bits per heavy atom. The number of rotatable bonds is 4. The third-order valence-corrected chi connectivity index (χ3v) is 5.59. The Kier molecular flexibility index (Phi) is 4.57. The van der Waals surface area contributed by atoms with Crippen molar-refractivity contribution >= 4 is 33.6 Å². The van der Waals surface area contributed by atoms with Gasteiger partial charge in [-0.3, -0.25) is 5.43 Å². The number of fused-ring (bicyclic) bond motifs is 2. The van der Waals surface area contributed by atoms with E-state index in [-0.39, 0.29) is 0 Å². The van der Waals surface area contributed by atoms with Gasteiger partial charge in [0.05, 0.1) is 11.6 Å². The molecule has 0 amide bonds. The van der Waals surface area contributed by atoms with E-state index in [1.54, 1.807) is 17.6 Å². The lowest BCUT2D eigenvalue weighted by Crippen LogP contribution is -2.15. The zero-order chi connectivity index (χ0) is 19.6. The highest BCUT2D eigenvalue weighted by molar-refractivity contribution is 7.21. The van der Waals surface area contributed by atoms with E-state index in [4.69, 9.17) is 9.47 Å². The SMILES string of the molecule is Cc1nc(N/N=C\c2ccc3c(c2)OCCO3)c2cc(-c3ccccc3)sc2n1. The largest absolute Gasteiger partial charge is 0.486 e. The van der Waals surface area contributed by atoms with Crippen LogP contribution in [0.1, 0.15) is 11.4 Å². The molecule has 0 radical (unpaired) electrons. The first-order valence-corrected chi connectivity index (χ1v) is 10.1. The predicted molar refractivity (Wildman–Crippen MR) is 116 cm³/mol. The average molecular weight is 402 g/mol. The number of benzene rings is 2. The van der Waals surface area contributed by atoms with Crippen LogP contribution < -0.4 is 14.9 Å². The Hall–Kier alpha value is -3.45. The summed E-state index contributed by atoms with van der Waals surface area (Å²) in [7, 11) is 0. The van der Waals surface area contributed by atoms with E-state index >= 15 is 0 Å². The fourth-order valence-electron chi connectivity index (χ4n) is 3.17. The normalized spacial score (nSPS) is 13.1. The fourth-order valence-corrected chi connectivity index (χ4v) is 4.25. The van der Waals surface area contributed by atoms with E-state index in [9.17, 15) is 0 Å². The van der Waals surface area contributed by atoms with E-state index < -0.39 is 0 Å². The van der Waals surface area contributed by atoms with Crippen molar-refractivity contribution in [2.45, 2.75) is 6.92 Å². The van der Waals surface area contributed by atoms with Crippen LogP contribution in [-0.4, -0.2) is 29.4 Å². The summed E-state index contributed by atoms with van der Waals surface area (Å²) in [6.07, 6.45) is 1.74. The molecule has 0 unspecified atom stereocenters. The molecule has 2 aromatic carbocycles. The lowest BCUT2D eigenvalue weighted by atomic mass is 10.2. The Labute approximate surface area is 171 Å². The van der Waals surface area contributed by atoms with Gasteiger partial charge in [-0.15, -0.1) is 11.3 Å². The number of nitrogens with one attached hydrogen (secondary N) is 1. The van der Waals surface area contributed by atoms with Crippen LogP contribution in [0.4, 0.5) is 5.82 Å². The highest BCUT2D eigenvalue weighted by atomic mass is 32.1. The molecule has 0 saturated carbocycles. The molecule has 0 fully saturated rings. The molecule has 29 heavy (non-hydrogen) atoms. The number of ether oxygens (including phenoxy) is 2. The van der Waals surface area contributed by atoms with Gasteiger partial charge in [0.25, 0.3) is 0 Å². The molecule has 4 aromatic rings. The molecule has 0 aliphatic carbocycles. The van der Waals surface area contributed by atoms with Crippen molar-refractivity contribution in [3.05, 3.63) is 66.0 Å². The van der Waals surface area contributed by atoms with Gasteiger partial charge in [0.15, 0.2) is 17.3 Å². The summed E-state index contributed by atoms with van der Waals surface area (Å²) in [4.78, 5) is 11.2. The summed E-state index contributed by atoms with van der Waals surface area (Å²) in [6.45, 7) is 3.03. The smallest absolute Gasteiger partial charge is 0.162 e. The molecule has 1 N–H and O–H groups in total. The monoisotopic (exact) mass is 402 g/mol. The number of anilines is 1. The molecular weight excluding hydrogens is 384 g/mol. The summed E-state index contributed by atoms with van der Waals surface area (Å²) in [5, 5.41) is 5.33. The first-order chi connectivity index (χ1) is 14.3. The second-order valence-corrected chi connectivity index (χ2v) is 7.62. The highest BCUT2D eigenvalue weighted by Gasteiger charge is 2.12. The Balaban J connectivity index is 1.42. The number of thiophene rings is 1. The molecule has 3 heterocycles. The first-order valence-electron chi connectivity index (χ1n) is 9.28. The second kappa shape index (κ2) is 7.52. The van der Waals surface area contributed by atoms with E-state index in [1.165, 1.54) is 5.56 Å². The molecule has 144 valence electrons. The summed E-state index contributed by atoms with van der Waals surface area (Å²) in [5.74, 6) is 2.91. The van der Waals surface area contributed by atoms with Gasteiger partial charge < -0.3 is 9.47 Å². The molecule has 0 saturated heterocycles. The third-order valence-electron chi connectivity index (χ3n) is 4.51. The lowest BCUT2D eigenvalue weighted by Gasteiger charge is -2.18. The van der Waals surface area contributed by atoms with E-state index in [0.717, 1.165) is 32.2 Å². The molecule has 1 aliphatic rings. The number of hydrogen-bond acceptors (Lipinski definition) is 7. The van der Waals surface area contributed by atoms with Crippen molar-refractivity contribution in [1.82, 2.24) is 9.97 Å². The van der Waals surface area contributed by atoms with Gasteiger partial charge in [-0.05, 0) is 42.3 Å². The standard InChI is InChI=1S/C22H18N4O2S/c1-14-24-21(17-12-20(29-22(17)25-14)16-5-3-2-4-6-16)26-23-13-15-7-8-18-19(11-15)28-10-9-27-18/h2-8,11-13H,9-10H2,1H3,(H,24,25,26)/b23-13-. The van der Waals surface area contributed by atoms with Crippen molar-refractivity contribution in [1.29, 1.82) is 0 Å². The minimum atomic E-state index is 0.561. The molecule has 5 rings (SSSR count). The highest BCUT2D eigenvalue weighted by Crippen LogP contribution is 2.35. The van der Waals surface area contributed by atoms with Crippen LogP contribution in [0.3, 0.4) is 0 Å².